The summed E-state index contributed by atoms with van der Waals surface area (Å²) in [4.78, 5) is 12.0. The summed E-state index contributed by atoms with van der Waals surface area (Å²) in [6.45, 7) is 3.35. The minimum Gasteiger partial charge on any atom is -0.396 e. The fourth-order valence-corrected chi connectivity index (χ4v) is 8.05. The van der Waals surface area contributed by atoms with Gasteiger partial charge in [0.2, 0.25) is 0 Å². The number of fused-ring (bicyclic) bond motifs is 6. The van der Waals surface area contributed by atoms with Crippen LogP contribution in [0.25, 0.3) is 0 Å². The molecule has 1 aliphatic heterocycles. The molecular weight excluding hydrogens is 324 g/mol. The van der Waals surface area contributed by atoms with E-state index in [1.807, 2.05) is 6.08 Å². The second-order valence-corrected chi connectivity index (χ2v) is 9.50. The van der Waals surface area contributed by atoms with E-state index in [-0.39, 0.29) is 29.3 Å². The predicted molar refractivity (Wildman–Crippen MR) is 100 cm³/mol. The number of ether oxygens (including phenoxy) is 1. The molecular formula is C23H32O3. The van der Waals surface area contributed by atoms with E-state index in [0.717, 1.165) is 19.4 Å². The maximum atomic E-state index is 12.0. The highest BCUT2D eigenvalue weighted by molar-refractivity contribution is 5.91. The van der Waals surface area contributed by atoms with Crippen molar-refractivity contribution in [2.24, 2.45) is 35.0 Å². The molecule has 4 aliphatic carbocycles. The van der Waals surface area contributed by atoms with Crippen molar-refractivity contribution in [3.8, 4) is 0 Å². The van der Waals surface area contributed by atoms with Gasteiger partial charge in [0.05, 0.1) is 12.2 Å². The fraction of sp³-hybridized carbons (Fsp3) is 0.783. The van der Waals surface area contributed by atoms with E-state index >= 15 is 0 Å². The number of hydrogen-bond acceptors (Lipinski definition) is 3. The van der Waals surface area contributed by atoms with Crippen LogP contribution < -0.4 is 0 Å². The van der Waals surface area contributed by atoms with Crippen LogP contribution in [0.3, 0.4) is 0 Å². The van der Waals surface area contributed by atoms with Crippen LogP contribution in [-0.2, 0) is 9.53 Å². The Morgan fingerprint density at radius 3 is 2.85 bits per heavy atom. The lowest BCUT2D eigenvalue weighted by atomic mass is 9.48. The standard InChI is InChI=1S/C23H32O3/c1-2-22-9-6-18-17-5-4-16(25)13-19(17)15(14-24)12-20(18)21(22)7-10-23(22)8-3-11-26-23/h3,8,13,15,17-18,20-21,24H,2,4-7,9-12,14H2,1H3/t15-,17?,18?,20?,21?,22-,23?/m0/s1. The van der Waals surface area contributed by atoms with E-state index < -0.39 is 0 Å². The molecule has 26 heavy (non-hydrogen) atoms. The van der Waals surface area contributed by atoms with E-state index in [1.165, 1.54) is 37.7 Å². The highest BCUT2D eigenvalue weighted by atomic mass is 16.5. The van der Waals surface area contributed by atoms with Crippen LogP contribution in [0.5, 0.6) is 0 Å². The van der Waals surface area contributed by atoms with Crippen LogP contribution in [-0.4, -0.2) is 29.7 Å². The van der Waals surface area contributed by atoms with E-state index in [9.17, 15) is 9.90 Å². The SMILES string of the molecule is CC[C@]12CCC3C4CCC(=O)C=C4[C@H](CO)CC3C1CCC21C=CCO1. The molecule has 1 heterocycles. The minimum absolute atomic E-state index is 0.0231. The van der Waals surface area contributed by atoms with Gasteiger partial charge >= 0.3 is 0 Å². The summed E-state index contributed by atoms with van der Waals surface area (Å²) in [5.74, 6) is 3.12. The molecule has 3 fully saturated rings. The normalized spacial score (nSPS) is 49.7. The van der Waals surface area contributed by atoms with Crippen LogP contribution in [0, 0.1) is 35.0 Å². The van der Waals surface area contributed by atoms with Crippen LogP contribution >= 0.6 is 0 Å². The van der Waals surface area contributed by atoms with E-state index in [1.54, 1.807) is 0 Å². The Balaban J connectivity index is 1.52. The van der Waals surface area contributed by atoms with Gasteiger partial charge in [-0.15, -0.1) is 0 Å². The number of carbonyl (C=O) groups is 1. The molecule has 1 spiro atoms. The molecule has 5 aliphatic rings. The van der Waals surface area contributed by atoms with Crippen molar-refractivity contribution in [1.29, 1.82) is 0 Å². The van der Waals surface area contributed by atoms with Gasteiger partial charge in [-0.3, -0.25) is 4.79 Å². The molecule has 0 radical (unpaired) electrons. The van der Waals surface area contributed by atoms with Gasteiger partial charge in [0.25, 0.3) is 0 Å². The van der Waals surface area contributed by atoms with Gasteiger partial charge in [-0.05, 0) is 74.7 Å². The molecule has 0 aromatic rings. The summed E-state index contributed by atoms with van der Waals surface area (Å²) in [7, 11) is 0. The monoisotopic (exact) mass is 356 g/mol. The Labute approximate surface area is 156 Å². The second kappa shape index (κ2) is 6.04. The third-order valence-electron chi connectivity index (χ3n) is 9.05. The molecule has 142 valence electrons. The molecule has 7 atom stereocenters. The lowest BCUT2D eigenvalue weighted by Crippen LogP contribution is -2.54. The molecule has 0 saturated heterocycles. The summed E-state index contributed by atoms with van der Waals surface area (Å²) in [5, 5.41) is 10.1. The summed E-state index contributed by atoms with van der Waals surface area (Å²) in [6, 6.07) is 0. The quantitative estimate of drug-likeness (QED) is 0.759. The topological polar surface area (TPSA) is 46.5 Å². The third-order valence-corrected chi connectivity index (χ3v) is 9.05. The van der Waals surface area contributed by atoms with Crippen molar-refractivity contribution < 1.29 is 14.6 Å². The smallest absolute Gasteiger partial charge is 0.155 e. The van der Waals surface area contributed by atoms with Crippen molar-refractivity contribution in [3.63, 3.8) is 0 Å². The van der Waals surface area contributed by atoms with Gasteiger partial charge in [-0.25, -0.2) is 0 Å². The number of aliphatic hydroxyl groups excluding tert-OH is 1. The van der Waals surface area contributed by atoms with Gasteiger partial charge in [0.1, 0.15) is 0 Å². The molecule has 1 N–H and O–H groups in total. The van der Waals surface area contributed by atoms with Crippen LogP contribution in [0.4, 0.5) is 0 Å². The Morgan fingerprint density at radius 1 is 1.23 bits per heavy atom. The van der Waals surface area contributed by atoms with Crippen LogP contribution in [0.15, 0.2) is 23.8 Å². The van der Waals surface area contributed by atoms with E-state index in [2.05, 4.69) is 19.1 Å². The molecule has 3 nitrogen and oxygen atoms in total. The Bertz CT molecular complexity index is 664. The minimum atomic E-state index is -0.0231. The first-order valence-electron chi connectivity index (χ1n) is 10.8. The summed E-state index contributed by atoms with van der Waals surface area (Å²) in [6.07, 6.45) is 15.5. The van der Waals surface area contributed by atoms with E-state index in [4.69, 9.17) is 4.74 Å². The van der Waals surface area contributed by atoms with Gasteiger partial charge in [-0.1, -0.05) is 24.6 Å². The number of hydrogen-bond donors (Lipinski definition) is 1. The zero-order chi connectivity index (χ0) is 17.9. The van der Waals surface area contributed by atoms with Crippen molar-refractivity contribution >= 4 is 5.78 Å². The lowest BCUT2D eigenvalue weighted by Gasteiger charge is -2.58. The van der Waals surface area contributed by atoms with E-state index in [0.29, 0.717) is 30.1 Å². The van der Waals surface area contributed by atoms with Gasteiger partial charge < -0.3 is 9.84 Å². The van der Waals surface area contributed by atoms with Crippen LogP contribution in [0.1, 0.15) is 58.3 Å². The first-order chi connectivity index (χ1) is 12.6. The summed E-state index contributed by atoms with van der Waals surface area (Å²) in [5.41, 5.74) is 1.55. The highest BCUT2D eigenvalue weighted by Gasteiger charge is 2.65. The zero-order valence-corrected chi connectivity index (χ0v) is 16.0. The Kier molecular flexibility index (Phi) is 3.99. The van der Waals surface area contributed by atoms with Crippen molar-refractivity contribution in [3.05, 3.63) is 23.8 Å². The predicted octanol–water partition coefficient (Wildman–Crippen LogP) is 4.06. The molecule has 0 aromatic heterocycles. The maximum absolute atomic E-state index is 12.0. The van der Waals surface area contributed by atoms with Gasteiger partial charge in [0.15, 0.2) is 5.78 Å². The molecule has 0 aromatic carbocycles. The average molecular weight is 357 g/mol. The maximum Gasteiger partial charge on any atom is 0.155 e. The number of aliphatic hydroxyl groups is 1. The van der Waals surface area contributed by atoms with Crippen molar-refractivity contribution in [2.75, 3.05) is 13.2 Å². The van der Waals surface area contributed by atoms with Crippen molar-refractivity contribution in [1.82, 2.24) is 0 Å². The summed E-state index contributed by atoms with van der Waals surface area (Å²) >= 11 is 0. The molecule has 5 unspecified atom stereocenters. The Hall–Kier alpha value is -0.930. The zero-order valence-electron chi connectivity index (χ0n) is 16.0. The second-order valence-electron chi connectivity index (χ2n) is 9.50. The fourth-order valence-electron chi connectivity index (χ4n) is 8.05. The Morgan fingerprint density at radius 2 is 2.12 bits per heavy atom. The number of rotatable bonds is 2. The lowest BCUT2D eigenvalue weighted by molar-refractivity contribution is -0.128. The first-order valence-corrected chi connectivity index (χ1v) is 10.8. The first kappa shape index (κ1) is 17.2. The molecule has 3 saturated carbocycles. The molecule has 3 heteroatoms. The van der Waals surface area contributed by atoms with Crippen LogP contribution in [0.2, 0.25) is 0 Å². The van der Waals surface area contributed by atoms with Gasteiger partial charge in [-0.2, -0.15) is 0 Å². The third kappa shape index (κ3) is 2.10. The average Bonchev–Trinajstić information content (AvgIpc) is 3.27. The molecule has 5 rings (SSSR count). The van der Waals surface area contributed by atoms with Crippen molar-refractivity contribution in [2.45, 2.75) is 63.9 Å². The highest BCUT2D eigenvalue weighted by Crippen LogP contribution is 2.68. The molecule has 0 bridgehead atoms. The van der Waals surface area contributed by atoms with Gasteiger partial charge in [0, 0.05) is 24.4 Å². The molecule has 0 amide bonds. The largest absolute Gasteiger partial charge is 0.396 e. The number of carbonyl (C=O) groups excluding carboxylic acids is 1. The number of ketones is 1. The summed E-state index contributed by atoms with van der Waals surface area (Å²) < 4.78 is 6.40.